The zero-order chi connectivity index (χ0) is 31.4. The van der Waals surface area contributed by atoms with Gasteiger partial charge in [-0.05, 0) is 92.0 Å². The fraction of sp³-hybridized carbons (Fsp3) is 0.0227. The van der Waals surface area contributed by atoms with E-state index in [4.69, 9.17) is 0 Å². The third-order valence-corrected chi connectivity index (χ3v) is 11.5. The molecule has 4 heteroatoms. The Hall–Kier alpha value is -6.31. The zero-order valence-corrected chi connectivity index (χ0v) is 26.0. The number of nitrogens with zero attached hydrogens (tertiary/aromatic N) is 3. The molecule has 0 unspecified atom stereocenters. The highest BCUT2D eigenvalue weighted by Gasteiger charge is 2.43. The fourth-order valence-corrected chi connectivity index (χ4v) is 9.57. The number of hydrogen-bond donors (Lipinski definition) is 0. The summed E-state index contributed by atoms with van der Waals surface area (Å²) < 4.78 is 5.23. The predicted molar refractivity (Wildman–Crippen MR) is 201 cm³/mol. The molecule has 0 N–H and O–H groups in total. The Kier molecular flexibility index (Phi) is 4.32. The van der Waals surface area contributed by atoms with Crippen LogP contribution in [0.5, 0.6) is 0 Å². The Morgan fingerprint density at radius 1 is 0.604 bits per heavy atom. The molecular formula is C44H24BN3. The summed E-state index contributed by atoms with van der Waals surface area (Å²) in [5.74, 6) is 0. The van der Waals surface area contributed by atoms with Crippen molar-refractivity contribution in [1.29, 1.82) is 5.26 Å². The van der Waals surface area contributed by atoms with Gasteiger partial charge in [-0.25, -0.2) is 0 Å². The number of para-hydroxylation sites is 1. The maximum atomic E-state index is 9.58. The third kappa shape index (κ3) is 2.72. The number of fused-ring (bicyclic) bond motifs is 10. The summed E-state index contributed by atoms with van der Waals surface area (Å²) in [4.78, 5) is 0. The minimum Gasteiger partial charge on any atom is -0.375 e. The molecule has 0 amide bonds. The number of nitriles is 1. The summed E-state index contributed by atoms with van der Waals surface area (Å²) in [5.41, 5.74) is 16.0. The highest BCUT2D eigenvalue weighted by atomic mass is 15.0. The van der Waals surface area contributed by atoms with Gasteiger partial charge < -0.3 is 9.05 Å². The van der Waals surface area contributed by atoms with E-state index in [9.17, 15) is 5.26 Å². The van der Waals surface area contributed by atoms with Crippen molar-refractivity contribution < 1.29 is 0 Å². The second-order valence-corrected chi connectivity index (χ2v) is 13.6. The summed E-state index contributed by atoms with van der Waals surface area (Å²) in [7, 11) is 0. The second-order valence-electron chi connectivity index (χ2n) is 13.6. The largest absolute Gasteiger partial charge is 0.375 e. The van der Waals surface area contributed by atoms with Gasteiger partial charge in [0.15, 0.2) is 0 Å². The van der Waals surface area contributed by atoms with Gasteiger partial charge in [-0.15, -0.1) is 0 Å². The van der Waals surface area contributed by atoms with Crippen molar-refractivity contribution in [3.8, 4) is 34.0 Å². The van der Waals surface area contributed by atoms with E-state index in [2.05, 4.69) is 137 Å². The van der Waals surface area contributed by atoms with Crippen LogP contribution in [0.2, 0.25) is 0 Å². The fourth-order valence-electron chi connectivity index (χ4n) is 9.57. The van der Waals surface area contributed by atoms with E-state index in [0.717, 1.165) is 5.56 Å². The van der Waals surface area contributed by atoms with Crippen LogP contribution in [-0.4, -0.2) is 15.9 Å². The molecule has 2 aliphatic heterocycles. The molecule has 0 saturated carbocycles. The lowest BCUT2D eigenvalue weighted by atomic mass is 9.45. The van der Waals surface area contributed by atoms with Gasteiger partial charge in [0.05, 0.1) is 22.7 Å². The molecule has 2 aliphatic rings. The summed E-state index contributed by atoms with van der Waals surface area (Å²) >= 11 is 0. The first-order chi connectivity index (χ1) is 23.7. The Labute approximate surface area is 275 Å². The molecule has 0 atom stereocenters. The highest BCUT2D eigenvalue weighted by molar-refractivity contribution is 6.90. The average Bonchev–Trinajstić information content (AvgIpc) is 3.67. The van der Waals surface area contributed by atoms with Crippen LogP contribution in [0.1, 0.15) is 11.1 Å². The molecule has 0 bridgehead atoms. The molecule has 12 rings (SSSR count). The topological polar surface area (TPSA) is 33.6 Å². The molecule has 2 aromatic heterocycles. The lowest BCUT2D eigenvalue weighted by molar-refractivity contribution is 1.17. The van der Waals surface area contributed by atoms with E-state index in [1.54, 1.807) is 0 Å². The molecule has 218 valence electrons. The van der Waals surface area contributed by atoms with Crippen molar-refractivity contribution in [2.45, 2.75) is 6.92 Å². The van der Waals surface area contributed by atoms with Crippen molar-refractivity contribution >= 4 is 82.9 Å². The van der Waals surface area contributed by atoms with Crippen molar-refractivity contribution in [3.63, 3.8) is 0 Å². The molecule has 4 heterocycles. The van der Waals surface area contributed by atoms with E-state index in [-0.39, 0.29) is 6.85 Å². The molecule has 0 spiro atoms. The van der Waals surface area contributed by atoms with Crippen LogP contribution < -0.4 is 10.9 Å². The molecular weight excluding hydrogens is 581 g/mol. The van der Waals surface area contributed by atoms with E-state index >= 15 is 0 Å². The van der Waals surface area contributed by atoms with Crippen LogP contribution in [0.3, 0.4) is 0 Å². The van der Waals surface area contributed by atoms with Gasteiger partial charge in [-0.1, -0.05) is 97.1 Å². The Bertz CT molecular complexity index is 3130. The quantitative estimate of drug-likeness (QED) is 0.136. The summed E-state index contributed by atoms with van der Waals surface area (Å²) in [6.07, 6.45) is 0. The minimum absolute atomic E-state index is 0.0139. The van der Waals surface area contributed by atoms with E-state index in [1.165, 1.54) is 104 Å². The first-order valence-electron chi connectivity index (χ1n) is 16.6. The average molecular weight is 606 g/mol. The van der Waals surface area contributed by atoms with Gasteiger partial charge in [0, 0.05) is 43.8 Å². The molecule has 0 aliphatic carbocycles. The SMILES string of the molecule is Cc1c(-c2ccc(C#N)cc2)cc2c3c1-c1cccc4c5c6ccccc6ccc5n(c14)B3c1ccc3ccc4cccc5c4c3c1n5-2. The van der Waals surface area contributed by atoms with Gasteiger partial charge in [-0.2, -0.15) is 5.26 Å². The highest BCUT2D eigenvalue weighted by Crippen LogP contribution is 2.48. The van der Waals surface area contributed by atoms with Crippen molar-refractivity contribution in [3.05, 3.63) is 139 Å². The first kappa shape index (κ1) is 24.9. The standard InChI is InChI=1S/C44H24BN3/c1-24-33(27-14-12-25(23-46)13-15-27)22-37-42-38(24)31-9-5-10-32-41-30-8-3-2-6-26(30)19-21-36(41)48(43(31)32)45(42)34-20-18-29-17-16-28-7-4-11-35-39(28)40(29)44(34)47(35)37/h2-22H,1H3. The van der Waals surface area contributed by atoms with Crippen LogP contribution in [0.4, 0.5) is 0 Å². The normalized spacial score (nSPS) is 13.0. The van der Waals surface area contributed by atoms with Crippen LogP contribution in [0.25, 0.3) is 93.1 Å². The van der Waals surface area contributed by atoms with Crippen molar-refractivity contribution in [2.75, 3.05) is 0 Å². The monoisotopic (exact) mass is 605 g/mol. The van der Waals surface area contributed by atoms with Gasteiger partial charge >= 0.3 is 6.85 Å². The van der Waals surface area contributed by atoms with Crippen LogP contribution in [0, 0.1) is 18.3 Å². The minimum atomic E-state index is 0.0139. The molecule has 48 heavy (non-hydrogen) atoms. The van der Waals surface area contributed by atoms with Crippen LogP contribution in [0.15, 0.2) is 127 Å². The van der Waals surface area contributed by atoms with Crippen molar-refractivity contribution in [1.82, 2.24) is 9.05 Å². The van der Waals surface area contributed by atoms with Crippen LogP contribution >= 0.6 is 0 Å². The Morgan fingerprint density at radius 2 is 1.35 bits per heavy atom. The van der Waals surface area contributed by atoms with Crippen molar-refractivity contribution in [2.24, 2.45) is 0 Å². The summed E-state index contributed by atoms with van der Waals surface area (Å²) in [6, 6.07) is 49.2. The van der Waals surface area contributed by atoms with E-state index in [1.807, 2.05) is 12.1 Å². The van der Waals surface area contributed by atoms with E-state index < -0.39 is 0 Å². The van der Waals surface area contributed by atoms with Crippen LogP contribution in [-0.2, 0) is 0 Å². The number of benzene rings is 8. The molecule has 10 aromatic rings. The Balaban J connectivity index is 1.35. The summed E-state index contributed by atoms with van der Waals surface area (Å²) in [5, 5.41) is 20.0. The number of hydrogen-bond acceptors (Lipinski definition) is 1. The summed E-state index contributed by atoms with van der Waals surface area (Å²) in [6.45, 7) is 2.31. The molecule has 0 saturated heterocycles. The molecule has 3 nitrogen and oxygen atoms in total. The Morgan fingerprint density at radius 3 is 2.23 bits per heavy atom. The van der Waals surface area contributed by atoms with Gasteiger partial charge in [-0.3, -0.25) is 0 Å². The maximum absolute atomic E-state index is 9.58. The van der Waals surface area contributed by atoms with Gasteiger partial charge in [0.25, 0.3) is 0 Å². The zero-order valence-electron chi connectivity index (χ0n) is 26.0. The third-order valence-electron chi connectivity index (χ3n) is 11.5. The predicted octanol–water partition coefficient (Wildman–Crippen LogP) is 9.43. The number of aromatic nitrogens is 2. The van der Waals surface area contributed by atoms with Gasteiger partial charge in [0.1, 0.15) is 0 Å². The molecule has 0 radical (unpaired) electrons. The van der Waals surface area contributed by atoms with Gasteiger partial charge in [0.2, 0.25) is 0 Å². The molecule has 0 fully saturated rings. The van der Waals surface area contributed by atoms with E-state index in [0.29, 0.717) is 5.56 Å². The lowest BCUT2D eigenvalue weighted by Crippen LogP contribution is -2.55. The smallest absolute Gasteiger partial charge is 0.333 e. The lowest BCUT2D eigenvalue weighted by Gasteiger charge is -2.35. The maximum Gasteiger partial charge on any atom is 0.333 e. The first-order valence-corrected chi connectivity index (χ1v) is 16.6. The number of rotatable bonds is 1. The second kappa shape index (κ2) is 8.34. The molecule has 8 aromatic carbocycles.